The molecule has 1 aliphatic rings. The first-order valence-corrected chi connectivity index (χ1v) is 7.75. The highest BCUT2D eigenvalue weighted by Crippen LogP contribution is 2.39. The number of benzene rings is 1. The van der Waals surface area contributed by atoms with E-state index in [9.17, 15) is 0 Å². The Morgan fingerprint density at radius 1 is 1.29 bits per heavy atom. The van der Waals surface area contributed by atoms with Gasteiger partial charge in [0.1, 0.15) is 5.75 Å². The Hall–Kier alpha value is -1.06. The molecule has 1 aromatic carbocycles. The molecule has 0 spiro atoms. The van der Waals surface area contributed by atoms with Crippen molar-refractivity contribution in [3.8, 4) is 5.75 Å². The first-order valence-electron chi connectivity index (χ1n) is 7.75. The van der Waals surface area contributed by atoms with Crippen LogP contribution in [0.5, 0.6) is 5.75 Å². The third-order valence-corrected chi connectivity index (χ3v) is 4.38. The van der Waals surface area contributed by atoms with E-state index in [1.807, 2.05) is 6.07 Å². The predicted octanol–water partition coefficient (Wildman–Crippen LogP) is 4.00. The van der Waals surface area contributed by atoms with Crippen molar-refractivity contribution in [3.63, 3.8) is 0 Å². The maximum atomic E-state index is 6.17. The van der Waals surface area contributed by atoms with Gasteiger partial charge in [-0.1, -0.05) is 17.7 Å². The van der Waals surface area contributed by atoms with E-state index in [4.69, 9.17) is 9.47 Å². The van der Waals surface area contributed by atoms with Crippen molar-refractivity contribution in [2.24, 2.45) is 0 Å². The van der Waals surface area contributed by atoms with Crippen molar-refractivity contribution >= 4 is 0 Å². The quantitative estimate of drug-likeness (QED) is 0.909. The molecule has 3 heteroatoms. The topological polar surface area (TPSA) is 30.5 Å². The van der Waals surface area contributed by atoms with Gasteiger partial charge in [0.25, 0.3) is 0 Å². The fourth-order valence-electron chi connectivity index (χ4n) is 3.41. The highest BCUT2D eigenvalue weighted by molar-refractivity contribution is 5.39. The highest BCUT2D eigenvalue weighted by atomic mass is 16.5. The van der Waals surface area contributed by atoms with Crippen LogP contribution in [0.25, 0.3) is 0 Å². The Morgan fingerprint density at radius 2 is 1.95 bits per heavy atom. The summed E-state index contributed by atoms with van der Waals surface area (Å²) in [4.78, 5) is 0. The smallest absolute Gasteiger partial charge is 0.123 e. The van der Waals surface area contributed by atoms with E-state index in [-0.39, 0.29) is 17.2 Å². The maximum absolute atomic E-state index is 6.17. The average Bonchev–Trinajstić information content (AvgIpc) is 2.56. The minimum absolute atomic E-state index is 0.0718. The van der Waals surface area contributed by atoms with Crippen molar-refractivity contribution < 1.29 is 9.47 Å². The molecule has 2 rings (SSSR count). The molecule has 1 heterocycles. The van der Waals surface area contributed by atoms with Gasteiger partial charge in [-0.2, -0.15) is 0 Å². The Bertz CT molecular complexity index is 508. The number of hydrogen-bond donors (Lipinski definition) is 1. The van der Waals surface area contributed by atoms with E-state index in [0.29, 0.717) is 6.04 Å². The molecule has 1 aliphatic heterocycles. The lowest BCUT2D eigenvalue weighted by molar-refractivity contribution is -0.0704. The van der Waals surface area contributed by atoms with E-state index in [0.717, 1.165) is 12.2 Å². The molecular weight excluding hydrogens is 262 g/mol. The van der Waals surface area contributed by atoms with Gasteiger partial charge in [-0.25, -0.2) is 0 Å². The molecule has 0 aromatic heterocycles. The Kier molecular flexibility index (Phi) is 4.36. The number of nitrogens with one attached hydrogen (secondary N) is 1. The average molecular weight is 291 g/mol. The van der Waals surface area contributed by atoms with Gasteiger partial charge in [0.15, 0.2) is 0 Å². The van der Waals surface area contributed by atoms with Crippen molar-refractivity contribution in [1.29, 1.82) is 0 Å². The second-order valence-corrected chi connectivity index (χ2v) is 7.36. The summed E-state index contributed by atoms with van der Waals surface area (Å²) >= 11 is 0. The lowest BCUT2D eigenvalue weighted by Crippen LogP contribution is -2.44. The summed E-state index contributed by atoms with van der Waals surface area (Å²) in [6.45, 7) is 13.0. The van der Waals surface area contributed by atoms with Crippen LogP contribution in [-0.4, -0.2) is 24.4 Å². The summed E-state index contributed by atoms with van der Waals surface area (Å²) in [5.74, 6) is 0.941. The monoisotopic (exact) mass is 291 g/mol. The van der Waals surface area contributed by atoms with Crippen molar-refractivity contribution in [3.05, 3.63) is 29.3 Å². The minimum atomic E-state index is -0.158. The van der Waals surface area contributed by atoms with E-state index >= 15 is 0 Å². The van der Waals surface area contributed by atoms with Gasteiger partial charge >= 0.3 is 0 Å². The summed E-state index contributed by atoms with van der Waals surface area (Å²) in [7, 11) is 1.73. The molecule has 2 unspecified atom stereocenters. The lowest BCUT2D eigenvalue weighted by atomic mass is 9.92. The second-order valence-electron chi connectivity index (χ2n) is 7.36. The summed E-state index contributed by atoms with van der Waals surface area (Å²) in [6, 6.07) is 6.88. The van der Waals surface area contributed by atoms with Gasteiger partial charge in [0.05, 0.1) is 18.3 Å². The number of hydrogen-bond acceptors (Lipinski definition) is 3. The summed E-state index contributed by atoms with van der Waals surface area (Å²) in [5, 5.41) is 3.74. The SMILES string of the molecule is COc1ccc(C)cc1C(C)NC1CC(C)(C)OC1(C)C. The molecule has 0 aliphatic carbocycles. The number of ether oxygens (including phenoxy) is 2. The Labute approximate surface area is 129 Å². The van der Waals surface area contributed by atoms with E-state index in [1.165, 1.54) is 11.1 Å². The molecule has 0 bridgehead atoms. The molecule has 1 N–H and O–H groups in total. The van der Waals surface area contributed by atoms with Gasteiger partial charge in [0.2, 0.25) is 0 Å². The zero-order valence-corrected chi connectivity index (χ0v) is 14.4. The molecule has 0 saturated carbocycles. The molecule has 21 heavy (non-hydrogen) atoms. The molecule has 1 aromatic rings. The zero-order valence-electron chi connectivity index (χ0n) is 14.4. The van der Waals surface area contributed by atoms with Crippen molar-refractivity contribution in [2.45, 2.75) is 71.2 Å². The normalized spacial score (nSPS) is 24.8. The van der Waals surface area contributed by atoms with Crippen molar-refractivity contribution in [2.75, 3.05) is 7.11 Å². The van der Waals surface area contributed by atoms with Crippen LogP contribution < -0.4 is 10.1 Å². The minimum Gasteiger partial charge on any atom is -0.496 e. The molecule has 118 valence electrons. The van der Waals surface area contributed by atoms with E-state index in [2.05, 4.69) is 59.0 Å². The van der Waals surface area contributed by atoms with Gasteiger partial charge < -0.3 is 14.8 Å². The molecule has 2 atom stereocenters. The summed E-state index contributed by atoms with van der Waals surface area (Å²) in [5.41, 5.74) is 2.23. The van der Waals surface area contributed by atoms with Crippen LogP contribution in [0.2, 0.25) is 0 Å². The van der Waals surface area contributed by atoms with Gasteiger partial charge in [-0.05, 0) is 54.0 Å². The van der Waals surface area contributed by atoms with Crippen LogP contribution in [0.3, 0.4) is 0 Å². The fourth-order valence-corrected chi connectivity index (χ4v) is 3.41. The van der Waals surface area contributed by atoms with E-state index in [1.54, 1.807) is 7.11 Å². The number of rotatable bonds is 4. The summed E-state index contributed by atoms with van der Waals surface area (Å²) in [6.07, 6.45) is 1.01. The van der Waals surface area contributed by atoms with Crippen molar-refractivity contribution in [1.82, 2.24) is 5.32 Å². The number of methoxy groups -OCH3 is 1. The largest absolute Gasteiger partial charge is 0.496 e. The standard InChI is InChI=1S/C18H29NO2/c1-12-8-9-15(20-7)14(10-12)13(2)19-16-11-17(3,4)21-18(16,5)6/h8-10,13,16,19H,11H2,1-7H3. The highest BCUT2D eigenvalue weighted by Gasteiger charge is 2.46. The molecule has 0 radical (unpaired) electrons. The lowest BCUT2D eigenvalue weighted by Gasteiger charge is -2.30. The van der Waals surface area contributed by atoms with Crippen LogP contribution >= 0.6 is 0 Å². The maximum Gasteiger partial charge on any atom is 0.123 e. The predicted molar refractivity (Wildman–Crippen MR) is 86.9 cm³/mol. The number of aryl methyl sites for hydroxylation is 1. The molecule has 3 nitrogen and oxygen atoms in total. The zero-order chi connectivity index (χ0) is 15.8. The van der Waals surface area contributed by atoms with Crippen LogP contribution in [0.4, 0.5) is 0 Å². The van der Waals surface area contributed by atoms with E-state index < -0.39 is 0 Å². The fraction of sp³-hybridized carbons (Fsp3) is 0.667. The third-order valence-electron chi connectivity index (χ3n) is 4.38. The first kappa shape index (κ1) is 16.3. The van der Waals surface area contributed by atoms with Crippen LogP contribution in [-0.2, 0) is 4.74 Å². The van der Waals surface area contributed by atoms with Gasteiger partial charge in [0, 0.05) is 17.6 Å². The Balaban J connectivity index is 2.19. The third kappa shape index (κ3) is 3.58. The molecule has 0 amide bonds. The first-order chi connectivity index (χ1) is 9.64. The Morgan fingerprint density at radius 3 is 2.48 bits per heavy atom. The molecular formula is C18H29NO2. The second kappa shape index (κ2) is 5.62. The summed E-state index contributed by atoms with van der Waals surface area (Å²) < 4.78 is 11.7. The molecule has 1 saturated heterocycles. The molecule has 1 fully saturated rings. The van der Waals surface area contributed by atoms with Crippen LogP contribution in [0.15, 0.2) is 18.2 Å². The van der Waals surface area contributed by atoms with Crippen LogP contribution in [0.1, 0.15) is 58.2 Å². The van der Waals surface area contributed by atoms with Gasteiger partial charge in [-0.15, -0.1) is 0 Å². The van der Waals surface area contributed by atoms with Crippen LogP contribution in [0, 0.1) is 6.92 Å². The van der Waals surface area contributed by atoms with Gasteiger partial charge in [-0.3, -0.25) is 0 Å².